The number of sulfonamides is 1. The molecule has 1 N–H and O–H groups in total. The van der Waals surface area contributed by atoms with Crippen molar-refractivity contribution in [1.29, 1.82) is 0 Å². The molecule has 1 aromatic rings. The first-order chi connectivity index (χ1) is 9.92. The average molecular weight is 333 g/mol. The molecule has 118 valence electrons. The van der Waals surface area contributed by atoms with Crippen LogP contribution in [0.15, 0.2) is 36.2 Å². The molecule has 0 spiro atoms. The second-order valence-electron chi connectivity index (χ2n) is 4.17. The Morgan fingerprint density at radius 1 is 1.38 bits per heavy atom. The molecule has 1 aliphatic carbocycles. The van der Waals surface area contributed by atoms with Crippen LogP contribution in [0.5, 0.6) is 5.06 Å². The molecular formula is C14H20FNO3S2. The highest BCUT2D eigenvalue weighted by molar-refractivity contribution is 7.92. The van der Waals surface area contributed by atoms with Crippen molar-refractivity contribution in [3.8, 4) is 5.06 Å². The maximum atomic E-state index is 13.0. The predicted molar refractivity (Wildman–Crippen MR) is 86.1 cm³/mol. The van der Waals surface area contributed by atoms with E-state index in [-0.39, 0.29) is 11.9 Å². The molecule has 1 aromatic heterocycles. The maximum Gasteiger partial charge on any atom is 0.230 e. The van der Waals surface area contributed by atoms with Crippen LogP contribution in [0.2, 0.25) is 0 Å². The predicted octanol–water partition coefficient (Wildman–Crippen LogP) is 4.10. The zero-order chi connectivity index (χ0) is 15.9. The monoisotopic (exact) mass is 333 g/mol. The Bertz CT molecular complexity index is 605. The van der Waals surface area contributed by atoms with Gasteiger partial charge in [0, 0.05) is 12.8 Å². The highest BCUT2D eigenvalue weighted by Gasteiger charge is 2.12. The van der Waals surface area contributed by atoms with Gasteiger partial charge in [-0.1, -0.05) is 31.3 Å². The van der Waals surface area contributed by atoms with Crippen molar-refractivity contribution in [2.45, 2.75) is 32.8 Å². The largest absolute Gasteiger partial charge is 0.476 e. The lowest BCUT2D eigenvalue weighted by molar-refractivity contribution is 0.261. The molecule has 0 radical (unpaired) electrons. The lowest BCUT2D eigenvalue weighted by atomic mass is 10.2. The summed E-state index contributed by atoms with van der Waals surface area (Å²) in [6.07, 6.45) is 6.68. The van der Waals surface area contributed by atoms with Crippen molar-refractivity contribution in [2.75, 3.05) is 11.0 Å². The van der Waals surface area contributed by atoms with E-state index >= 15 is 0 Å². The molecule has 0 aromatic carbocycles. The van der Waals surface area contributed by atoms with Gasteiger partial charge in [-0.2, -0.15) is 0 Å². The number of allylic oxidation sites excluding steroid dienone is 2. The molecule has 7 heteroatoms. The van der Waals surface area contributed by atoms with E-state index in [1.807, 2.05) is 19.9 Å². The molecule has 0 bridgehead atoms. The van der Waals surface area contributed by atoms with Crippen molar-refractivity contribution in [3.63, 3.8) is 0 Å². The van der Waals surface area contributed by atoms with Gasteiger partial charge in [0.15, 0.2) is 5.06 Å². The van der Waals surface area contributed by atoms with Crippen molar-refractivity contribution in [1.82, 2.24) is 0 Å². The van der Waals surface area contributed by atoms with E-state index in [1.165, 1.54) is 17.4 Å². The Labute approximate surface area is 129 Å². The van der Waals surface area contributed by atoms with Gasteiger partial charge in [0.25, 0.3) is 0 Å². The van der Waals surface area contributed by atoms with Crippen LogP contribution in [-0.2, 0) is 10.0 Å². The van der Waals surface area contributed by atoms with Gasteiger partial charge in [-0.05, 0) is 24.3 Å². The minimum atomic E-state index is -3.28. The Hall–Kier alpha value is -1.34. The number of halogens is 1. The fourth-order valence-electron chi connectivity index (χ4n) is 1.60. The van der Waals surface area contributed by atoms with E-state index in [1.54, 1.807) is 18.2 Å². The van der Waals surface area contributed by atoms with E-state index in [0.29, 0.717) is 22.9 Å². The Morgan fingerprint density at radius 2 is 2.10 bits per heavy atom. The van der Waals surface area contributed by atoms with Crippen LogP contribution >= 0.6 is 11.3 Å². The van der Waals surface area contributed by atoms with Gasteiger partial charge in [0.05, 0.1) is 12.1 Å². The first-order valence-corrected chi connectivity index (χ1v) is 9.38. The average Bonchev–Trinajstić information content (AvgIpc) is 2.72. The fourth-order valence-corrected chi connectivity index (χ4v) is 3.31. The molecule has 1 unspecified atom stereocenters. The highest BCUT2D eigenvalue weighted by Crippen LogP contribution is 2.31. The van der Waals surface area contributed by atoms with Crippen molar-refractivity contribution in [2.24, 2.45) is 0 Å². The van der Waals surface area contributed by atoms with Crippen LogP contribution in [-0.4, -0.2) is 20.8 Å². The summed E-state index contributed by atoms with van der Waals surface area (Å²) in [6, 6.07) is 3.33. The summed E-state index contributed by atoms with van der Waals surface area (Å²) in [5, 5.41) is 1.09. The lowest BCUT2D eigenvalue weighted by Crippen LogP contribution is -2.11. The maximum absolute atomic E-state index is 13.0. The van der Waals surface area contributed by atoms with Crippen LogP contribution in [0.3, 0.4) is 0 Å². The molecule has 1 heterocycles. The topological polar surface area (TPSA) is 55.4 Å². The van der Waals surface area contributed by atoms with Crippen LogP contribution in [0.4, 0.5) is 9.39 Å². The number of rotatable bonds is 4. The molecule has 1 atom stereocenters. The summed E-state index contributed by atoms with van der Waals surface area (Å²) < 4.78 is 43.2. The van der Waals surface area contributed by atoms with Gasteiger partial charge < -0.3 is 4.74 Å². The fraction of sp³-hybridized carbons (Fsp3) is 0.429. The molecule has 0 fully saturated rings. The third-order valence-electron chi connectivity index (χ3n) is 2.37. The summed E-state index contributed by atoms with van der Waals surface area (Å²) in [5.41, 5.74) is 0. The third kappa shape index (κ3) is 6.77. The smallest absolute Gasteiger partial charge is 0.230 e. The van der Waals surface area contributed by atoms with Crippen molar-refractivity contribution in [3.05, 3.63) is 36.2 Å². The number of anilines is 1. The van der Waals surface area contributed by atoms with Gasteiger partial charge in [-0.25, -0.2) is 12.8 Å². The molecule has 4 nitrogen and oxygen atoms in total. The van der Waals surface area contributed by atoms with Crippen LogP contribution in [0.1, 0.15) is 26.7 Å². The number of ether oxygens (including phenoxy) is 1. The number of hydrogen-bond donors (Lipinski definition) is 1. The molecular weight excluding hydrogens is 313 g/mol. The second kappa shape index (κ2) is 8.19. The van der Waals surface area contributed by atoms with Gasteiger partial charge >= 0.3 is 0 Å². The quantitative estimate of drug-likeness (QED) is 0.844. The molecule has 0 amide bonds. The number of nitrogens with one attached hydrogen (secondary N) is 1. The van der Waals surface area contributed by atoms with Crippen LogP contribution < -0.4 is 9.46 Å². The normalized spacial score (nSPS) is 18.1. The molecule has 21 heavy (non-hydrogen) atoms. The summed E-state index contributed by atoms with van der Waals surface area (Å²) in [6.45, 7) is 4.00. The molecule has 0 aliphatic heterocycles. The van der Waals surface area contributed by atoms with E-state index in [4.69, 9.17) is 4.74 Å². The number of thiophene rings is 1. The standard InChI is InChI=1S/C12H14FNO3S2.C2H6/c1-19(15,16)14-11-7-8-12(18-11)17-10-4-2-3-9(13)5-6-10;1-2/h2,4-5,7-8,10,14H,3,6H2,1H3;1-2H3. The highest BCUT2D eigenvalue weighted by atomic mass is 32.2. The summed E-state index contributed by atoms with van der Waals surface area (Å²) in [4.78, 5) is 0. The zero-order valence-electron chi connectivity index (χ0n) is 12.3. The summed E-state index contributed by atoms with van der Waals surface area (Å²) in [7, 11) is -3.28. The van der Waals surface area contributed by atoms with Crippen molar-refractivity contribution >= 4 is 26.4 Å². The second-order valence-corrected chi connectivity index (χ2v) is 6.96. The zero-order valence-corrected chi connectivity index (χ0v) is 13.9. The Kier molecular flexibility index (Phi) is 6.91. The Balaban J connectivity index is 0.00000106. The van der Waals surface area contributed by atoms with Crippen molar-refractivity contribution < 1.29 is 17.5 Å². The molecule has 1 aliphatic rings. The van der Waals surface area contributed by atoms with E-state index < -0.39 is 10.0 Å². The molecule has 2 rings (SSSR count). The van der Waals surface area contributed by atoms with Gasteiger partial charge in [-0.15, -0.1) is 0 Å². The number of hydrogen-bond acceptors (Lipinski definition) is 4. The van der Waals surface area contributed by atoms with E-state index in [2.05, 4.69) is 4.72 Å². The minimum absolute atomic E-state index is 0.159. The van der Waals surface area contributed by atoms with Crippen LogP contribution in [0, 0.1) is 0 Å². The van der Waals surface area contributed by atoms with Gasteiger partial charge in [0.2, 0.25) is 10.0 Å². The van der Waals surface area contributed by atoms with E-state index in [0.717, 1.165) is 6.26 Å². The SMILES string of the molecule is CC.CS(=O)(=O)Nc1ccc(OC2C=CCC(F)=CC2)s1. The Morgan fingerprint density at radius 3 is 2.76 bits per heavy atom. The first-order valence-electron chi connectivity index (χ1n) is 6.68. The third-order valence-corrected chi connectivity index (χ3v) is 3.98. The van der Waals surface area contributed by atoms with E-state index in [9.17, 15) is 12.8 Å². The first kappa shape index (κ1) is 17.7. The minimum Gasteiger partial charge on any atom is -0.476 e. The van der Waals surface area contributed by atoms with Crippen LogP contribution in [0.25, 0.3) is 0 Å². The molecule has 0 saturated carbocycles. The summed E-state index contributed by atoms with van der Waals surface area (Å²) >= 11 is 1.20. The van der Waals surface area contributed by atoms with Gasteiger partial charge in [-0.3, -0.25) is 4.72 Å². The lowest BCUT2D eigenvalue weighted by Gasteiger charge is -2.11. The van der Waals surface area contributed by atoms with Gasteiger partial charge in [0.1, 0.15) is 11.1 Å². The summed E-state index contributed by atoms with van der Waals surface area (Å²) in [5.74, 6) is -0.159. The molecule has 0 saturated heterocycles.